The van der Waals surface area contributed by atoms with Gasteiger partial charge in [0.15, 0.2) is 6.61 Å². The van der Waals surface area contributed by atoms with E-state index in [0.717, 1.165) is 23.0 Å². The van der Waals surface area contributed by atoms with E-state index in [1.165, 1.54) is 0 Å². The molecule has 2 aromatic carbocycles. The molecular formula is C23H27N3O4. The lowest BCUT2D eigenvalue weighted by atomic mass is 10.1. The van der Waals surface area contributed by atoms with Crippen LogP contribution < -0.4 is 11.0 Å². The van der Waals surface area contributed by atoms with Gasteiger partial charge < -0.3 is 10.1 Å². The first-order valence-corrected chi connectivity index (χ1v) is 10.2. The highest BCUT2D eigenvalue weighted by Crippen LogP contribution is 2.13. The Morgan fingerprint density at radius 3 is 2.23 bits per heavy atom. The van der Waals surface area contributed by atoms with E-state index < -0.39 is 5.97 Å². The molecule has 0 radical (unpaired) electrons. The minimum Gasteiger partial charge on any atom is -0.456 e. The monoisotopic (exact) mass is 409 g/mol. The number of carbonyl (C=O) groups is 2. The van der Waals surface area contributed by atoms with Crippen LogP contribution in [0.1, 0.15) is 25.3 Å². The Morgan fingerprint density at radius 1 is 0.933 bits per heavy atom. The smallest absolute Gasteiger partial charge is 0.329 e. The molecule has 0 saturated heterocycles. The predicted molar refractivity (Wildman–Crippen MR) is 115 cm³/mol. The third-order valence-electron chi connectivity index (χ3n) is 4.85. The molecule has 0 fully saturated rings. The number of para-hydroxylation sites is 2. The van der Waals surface area contributed by atoms with Gasteiger partial charge in [-0.1, -0.05) is 49.4 Å². The number of rotatable bonds is 10. The van der Waals surface area contributed by atoms with Gasteiger partial charge in [-0.2, -0.15) is 0 Å². The van der Waals surface area contributed by atoms with E-state index >= 15 is 0 Å². The Labute approximate surface area is 175 Å². The number of nitrogens with zero attached hydrogens (tertiary/aromatic N) is 2. The lowest BCUT2D eigenvalue weighted by molar-refractivity contribution is -0.148. The number of fused-ring (bicyclic) bond motifs is 1. The fourth-order valence-corrected chi connectivity index (χ4v) is 3.39. The predicted octanol–water partition coefficient (Wildman–Crippen LogP) is 2.51. The third kappa shape index (κ3) is 5.37. The standard InChI is InChI=1S/C23H27N3O4/c1-2-15-25-19-10-6-7-11-20(19)26(23(25)29)16-13-22(28)30-17-21(27)24-14-12-18-8-4-3-5-9-18/h3-11H,2,12-17H2,1H3,(H,24,27). The summed E-state index contributed by atoms with van der Waals surface area (Å²) in [6.07, 6.45) is 1.58. The van der Waals surface area contributed by atoms with E-state index in [9.17, 15) is 14.4 Å². The van der Waals surface area contributed by atoms with Crippen molar-refractivity contribution in [1.82, 2.24) is 14.5 Å². The number of aromatic nitrogens is 2. The van der Waals surface area contributed by atoms with Crippen LogP contribution in [0.2, 0.25) is 0 Å². The molecule has 30 heavy (non-hydrogen) atoms. The molecule has 0 aliphatic carbocycles. The summed E-state index contributed by atoms with van der Waals surface area (Å²) in [5.41, 5.74) is 2.64. The van der Waals surface area contributed by atoms with Crippen molar-refractivity contribution in [2.75, 3.05) is 13.2 Å². The summed E-state index contributed by atoms with van der Waals surface area (Å²) in [6.45, 7) is 3.01. The van der Waals surface area contributed by atoms with Crippen LogP contribution in [-0.4, -0.2) is 34.2 Å². The largest absolute Gasteiger partial charge is 0.456 e. The number of ether oxygens (including phenoxy) is 1. The summed E-state index contributed by atoms with van der Waals surface area (Å²) in [6, 6.07) is 17.4. The molecule has 158 valence electrons. The van der Waals surface area contributed by atoms with Crippen molar-refractivity contribution in [1.29, 1.82) is 0 Å². The lowest BCUT2D eigenvalue weighted by Gasteiger charge is -2.07. The van der Waals surface area contributed by atoms with Crippen molar-refractivity contribution in [2.24, 2.45) is 0 Å². The number of aryl methyl sites for hydroxylation is 2. The highest BCUT2D eigenvalue weighted by Gasteiger charge is 2.14. The molecule has 1 N–H and O–H groups in total. The minimum atomic E-state index is -0.507. The van der Waals surface area contributed by atoms with Gasteiger partial charge in [0.1, 0.15) is 0 Å². The zero-order valence-corrected chi connectivity index (χ0v) is 17.2. The van der Waals surface area contributed by atoms with Crippen LogP contribution in [0.3, 0.4) is 0 Å². The summed E-state index contributed by atoms with van der Waals surface area (Å²) in [5, 5.41) is 2.74. The number of nitrogens with one attached hydrogen (secondary N) is 1. The van der Waals surface area contributed by atoms with Gasteiger partial charge in [0.05, 0.1) is 17.5 Å². The van der Waals surface area contributed by atoms with Gasteiger partial charge >= 0.3 is 11.7 Å². The molecule has 1 amide bonds. The molecule has 7 heteroatoms. The Kier molecular flexibility index (Phi) is 7.43. The number of imidazole rings is 1. The third-order valence-corrected chi connectivity index (χ3v) is 4.85. The maximum atomic E-state index is 12.7. The molecule has 0 spiro atoms. The molecule has 1 aromatic heterocycles. The maximum absolute atomic E-state index is 12.7. The Balaban J connectivity index is 1.47. The van der Waals surface area contributed by atoms with Gasteiger partial charge in [0.2, 0.25) is 0 Å². The topological polar surface area (TPSA) is 82.3 Å². The van der Waals surface area contributed by atoms with Gasteiger partial charge in [-0.05, 0) is 30.5 Å². The number of esters is 1. The van der Waals surface area contributed by atoms with Crippen LogP contribution in [-0.2, 0) is 33.8 Å². The average Bonchev–Trinajstić information content (AvgIpc) is 3.03. The average molecular weight is 409 g/mol. The van der Waals surface area contributed by atoms with Crippen molar-refractivity contribution in [3.8, 4) is 0 Å². The van der Waals surface area contributed by atoms with Crippen LogP contribution in [0.15, 0.2) is 59.4 Å². The SMILES string of the molecule is CCCn1c(=O)n(CCC(=O)OCC(=O)NCCc2ccccc2)c2ccccc21. The molecule has 3 aromatic rings. The fraction of sp³-hybridized carbons (Fsp3) is 0.348. The van der Waals surface area contributed by atoms with Crippen molar-refractivity contribution in [3.63, 3.8) is 0 Å². The van der Waals surface area contributed by atoms with E-state index in [0.29, 0.717) is 19.5 Å². The van der Waals surface area contributed by atoms with E-state index in [1.807, 2.05) is 61.5 Å². The Morgan fingerprint density at radius 2 is 1.57 bits per heavy atom. The van der Waals surface area contributed by atoms with E-state index in [1.54, 1.807) is 9.13 Å². The summed E-state index contributed by atoms with van der Waals surface area (Å²) in [4.78, 5) is 36.6. The number of hydrogen-bond acceptors (Lipinski definition) is 4. The molecule has 0 aliphatic rings. The molecule has 0 aliphatic heterocycles. The summed E-state index contributed by atoms with van der Waals surface area (Å²) < 4.78 is 8.37. The van der Waals surface area contributed by atoms with Gasteiger partial charge in [-0.25, -0.2) is 4.79 Å². The molecule has 1 heterocycles. The van der Waals surface area contributed by atoms with Crippen LogP contribution in [0.25, 0.3) is 11.0 Å². The van der Waals surface area contributed by atoms with Crippen molar-refractivity contribution in [2.45, 2.75) is 39.3 Å². The molecule has 0 atom stereocenters. The molecule has 0 unspecified atom stereocenters. The highest BCUT2D eigenvalue weighted by atomic mass is 16.5. The normalized spacial score (nSPS) is 10.8. The Hall–Kier alpha value is -3.35. The first-order chi connectivity index (χ1) is 14.6. The molecule has 7 nitrogen and oxygen atoms in total. The van der Waals surface area contributed by atoms with Gasteiger partial charge in [0.25, 0.3) is 5.91 Å². The quantitative estimate of drug-likeness (QED) is 0.522. The van der Waals surface area contributed by atoms with Crippen molar-refractivity contribution >= 4 is 22.9 Å². The number of benzene rings is 2. The zero-order chi connectivity index (χ0) is 21.3. The summed E-state index contributed by atoms with van der Waals surface area (Å²) >= 11 is 0. The summed E-state index contributed by atoms with van der Waals surface area (Å²) in [7, 11) is 0. The second-order valence-corrected chi connectivity index (χ2v) is 7.07. The Bertz CT molecular complexity index is 1050. The first-order valence-electron chi connectivity index (χ1n) is 10.2. The van der Waals surface area contributed by atoms with Gasteiger partial charge in [0, 0.05) is 19.6 Å². The van der Waals surface area contributed by atoms with E-state index in [4.69, 9.17) is 4.74 Å². The number of hydrogen-bond donors (Lipinski definition) is 1. The van der Waals surface area contributed by atoms with E-state index in [2.05, 4.69) is 5.32 Å². The maximum Gasteiger partial charge on any atom is 0.329 e. The second-order valence-electron chi connectivity index (χ2n) is 7.07. The minimum absolute atomic E-state index is 0.0251. The van der Waals surface area contributed by atoms with E-state index in [-0.39, 0.29) is 31.2 Å². The van der Waals surface area contributed by atoms with Crippen molar-refractivity contribution < 1.29 is 14.3 Å². The van der Waals surface area contributed by atoms with Gasteiger partial charge in [-0.3, -0.25) is 18.7 Å². The van der Waals surface area contributed by atoms with Gasteiger partial charge in [-0.15, -0.1) is 0 Å². The molecule has 0 bridgehead atoms. The van der Waals surface area contributed by atoms with Crippen molar-refractivity contribution in [3.05, 3.63) is 70.6 Å². The van der Waals surface area contributed by atoms with Crippen LogP contribution in [0.5, 0.6) is 0 Å². The zero-order valence-electron chi connectivity index (χ0n) is 17.2. The molecule has 3 rings (SSSR count). The van der Waals surface area contributed by atoms with Crippen LogP contribution in [0.4, 0.5) is 0 Å². The second kappa shape index (κ2) is 10.4. The number of carbonyl (C=O) groups excluding carboxylic acids is 2. The fourth-order valence-electron chi connectivity index (χ4n) is 3.39. The summed E-state index contributed by atoms with van der Waals surface area (Å²) in [5.74, 6) is -0.844. The first kappa shape index (κ1) is 21.4. The highest BCUT2D eigenvalue weighted by molar-refractivity contribution is 5.80. The van der Waals surface area contributed by atoms with Crippen LogP contribution in [0, 0.1) is 0 Å². The molecular weight excluding hydrogens is 382 g/mol. The lowest BCUT2D eigenvalue weighted by Crippen LogP contribution is -2.31. The van der Waals surface area contributed by atoms with Crippen LogP contribution >= 0.6 is 0 Å². The molecule has 0 saturated carbocycles. The number of amides is 1.